The summed E-state index contributed by atoms with van der Waals surface area (Å²) in [6.45, 7) is 3.39. The Kier molecular flexibility index (Phi) is 12.0. The van der Waals surface area contributed by atoms with Crippen LogP contribution in [0.2, 0.25) is 0 Å². The third-order valence-corrected chi connectivity index (χ3v) is 5.82. The maximum Gasteiger partial charge on any atom is 0.338 e. The molecule has 0 spiro atoms. The molecule has 1 aromatic carbocycles. The number of carbonyl (C=O) groups is 2. The zero-order chi connectivity index (χ0) is 22.3. The molecule has 5 nitrogen and oxygen atoms in total. The van der Waals surface area contributed by atoms with Crippen molar-refractivity contribution in [2.45, 2.75) is 89.7 Å². The summed E-state index contributed by atoms with van der Waals surface area (Å²) in [7, 11) is 0. The number of likely N-dealkylation sites (tertiary alicyclic amines) is 1. The zero-order valence-corrected chi connectivity index (χ0v) is 19.0. The minimum Gasteiger partial charge on any atom is -0.462 e. The topological polar surface area (TPSA) is 66.8 Å². The largest absolute Gasteiger partial charge is 0.462 e. The molecular formula is C26H39NO4. The van der Waals surface area contributed by atoms with Crippen LogP contribution in [0.1, 0.15) is 87.9 Å². The lowest BCUT2D eigenvalue weighted by Crippen LogP contribution is -2.32. The van der Waals surface area contributed by atoms with Gasteiger partial charge in [-0.2, -0.15) is 0 Å². The molecule has 1 unspecified atom stereocenters. The van der Waals surface area contributed by atoms with Crippen LogP contribution in [0.3, 0.4) is 0 Å². The number of carbonyl (C=O) groups excluding carboxylic acids is 2. The third kappa shape index (κ3) is 9.69. The van der Waals surface area contributed by atoms with E-state index in [-0.39, 0.29) is 17.9 Å². The van der Waals surface area contributed by atoms with Gasteiger partial charge in [0.25, 0.3) is 0 Å². The first-order valence-corrected chi connectivity index (χ1v) is 12.0. The minimum absolute atomic E-state index is 0.130. The fraction of sp³-hybridized carbons (Fsp3) is 0.615. The zero-order valence-electron chi connectivity index (χ0n) is 19.0. The second kappa shape index (κ2) is 14.8. The van der Waals surface area contributed by atoms with Crippen molar-refractivity contribution in [2.24, 2.45) is 0 Å². The summed E-state index contributed by atoms with van der Waals surface area (Å²) in [6, 6.07) is 9.19. The van der Waals surface area contributed by atoms with Crippen molar-refractivity contribution in [2.75, 3.05) is 13.2 Å². The van der Waals surface area contributed by atoms with E-state index in [1.807, 2.05) is 35.3 Å². The summed E-state index contributed by atoms with van der Waals surface area (Å²) in [4.78, 5) is 26.0. The van der Waals surface area contributed by atoms with E-state index in [4.69, 9.17) is 4.74 Å². The molecule has 2 atom stereocenters. The molecule has 1 saturated heterocycles. The van der Waals surface area contributed by atoms with Crippen molar-refractivity contribution in [3.63, 3.8) is 0 Å². The van der Waals surface area contributed by atoms with Crippen molar-refractivity contribution in [1.29, 1.82) is 0 Å². The van der Waals surface area contributed by atoms with Crippen LogP contribution in [0.5, 0.6) is 0 Å². The molecule has 2 rings (SSSR count). The van der Waals surface area contributed by atoms with Gasteiger partial charge in [0, 0.05) is 13.0 Å². The van der Waals surface area contributed by atoms with Gasteiger partial charge in [0.15, 0.2) is 0 Å². The molecule has 1 fully saturated rings. The summed E-state index contributed by atoms with van der Waals surface area (Å²) >= 11 is 0. The van der Waals surface area contributed by atoms with Crippen molar-refractivity contribution >= 4 is 11.9 Å². The summed E-state index contributed by atoms with van der Waals surface area (Å²) in [5, 5.41) is 10.1. The van der Waals surface area contributed by atoms with Gasteiger partial charge >= 0.3 is 5.97 Å². The highest BCUT2D eigenvalue weighted by Gasteiger charge is 2.28. The van der Waals surface area contributed by atoms with Gasteiger partial charge in [-0.25, -0.2) is 4.79 Å². The van der Waals surface area contributed by atoms with Gasteiger partial charge in [0.1, 0.15) is 0 Å². The van der Waals surface area contributed by atoms with Crippen LogP contribution in [-0.2, 0) is 9.53 Å². The Morgan fingerprint density at radius 3 is 2.65 bits per heavy atom. The lowest BCUT2D eigenvalue weighted by atomic mass is 10.1. The van der Waals surface area contributed by atoms with Gasteiger partial charge in [-0.15, -0.1) is 0 Å². The van der Waals surface area contributed by atoms with Crippen LogP contribution >= 0.6 is 0 Å². The first-order chi connectivity index (χ1) is 15.1. The minimum atomic E-state index is -0.403. The smallest absolute Gasteiger partial charge is 0.338 e. The van der Waals surface area contributed by atoms with Crippen molar-refractivity contribution in [3.05, 3.63) is 48.0 Å². The monoisotopic (exact) mass is 429 g/mol. The van der Waals surface area contributed by atoms with E-state index in [2.05, 4.69) is 6.92 Å². The first-order valence-electron chi connectivity index (χ1n) is 12.0. The molecule has 1 aliphatic heterocycles. The number of rotatable bonds is 15. The normalized spacial score (nSPS) is 17.4. The predicted octanol–water partition coefficient (Wildman–Crippen LogP) is 5.28. The Morgan fingerprint density at radius 2 is 1.87 bits per heavy atom. The van der Waals surface area contributed by atoms with E-state index < -0.39 is 6.10 Å². The average molecular weight is 430 g/mol. The third-order valence-electron chi connectivity index (χ3n) is 5.82. The number of nitrogens with zero attached hydrogens (tertiary/aromatic N) is 1. The Bertz CT molecular complexity index is 673. The standard InChI is InChI=1S/C26H39NO4/c1-2-3-8-15-24(28)18-16-23-17-19-25(29)27(23)20-11-5-4-6-12-21-31-26(30)22-13-9-7-10-14-22/h7,9-10,13-14,16,18,23-24,28H,2-6,8,11-12,15,17,19-21H2,1H3/b18-16+/t23?,24-/m0/s1. The van der Waals surface area contributed by atoms with E-state index >= 15 is 0 Å². The van der Waals surface area contributed by atoms with E-state index in [1.165, 1.54) is 0 Å². The Morgan fingerprint density at radius 1 is 1.13 bits per heavy atom. The molecule has 172 valence electrons. The van der Waals surface area contributed by atoms with Crippen LogP contribution < -0.4 is 0 Å². The highest BCUT2D eigenvalue weighted by molar-refractivity contribution is 5.89. The summed E-state index contributed by atoms with van der Waals surface area (Å²) in [5.74, 6) is -0.0364. The number of esters is 1. The SMILES string of the molecule is CCCCC[C@H](O)/C=C/C1CCC(=O)N1CCCCCCCOC(=O)c1ccccc1. The molecule has 31 heavy (non-hydrogen) atoms. The second-order valence-corrected chi connectivity index (χ2v) is 8.41. The molecule has 1 amide bonds. The number of ether oxygens (including phenoxy) is 1. The Labute approximate surface area is 187 Å². The number of aliphatic hydroxyl groups is 1. The van der Waals surface area contributed by atoms with Crippen LogP contribution in [0.4, 0.5) is 0 Å². The van der Waals surface area contributed by atoms with Gasteiger partial charge in [-0.05, 0) is 37.8 Å². The quantitative estimate of drug-likeness (QED) is 0.234. The van der Waals surface area contributed by atoms with Crippen molar-refractivity contribution < 1.29 is 19.4 Å². The van der Waals surface area contributed by atoms with Crippen LogP contribution in [0.25, 0.3) is 0 Å². The fourth-order valence-electron chi connectivity index (χ4n) is 3.94. The number of benzene rings is 1. The lowest BCUT2D eigenvalue weighted by molar-refractivity contribution is -0.128. The van der Waals surface area contributed by atoms with E-state index in [0.29, 0.717) is 18.6 Å². The molecule has 5 heteroatoms. The molecule has 1 N–H and O–H groups in total. The van der Waals surface area contributed by atoms with Gasteiger partial charge in [0.2, 0.25) is 5.91 Å². The highest BCUT2D eigenvalue weighted by Crippen LogP contribution is 2.21. The highest BCUT2D eigenvalue weighted by atomic mass is 16.5. The van der Waals surface area contributed by atoms with E-state index in [1.54, 1.807) is 12.1 Å². The van der Waals surface area contributed by atoms with Gasteiger partial charge in [0.05, 0.1) is 24.3 Å². The molecule has 1 aromatic rings. The molecule has 0 aliphatic carbocycles. The number of hydrogen-bond acceptors (Lipinski definition) is 4. The number of amides is 1. The summed E-state index contributed by atoms with van der Waals surface area (Å²) in [6.07, 6.45) is 14.1. The molecular weight excluding hydrogens is 390 g/mol. The number of unbranched alkanes of at least 4 members (excludes halogenated alkanes) is 6. The van der Waals surface area contributed by atoms with Crippen molar-refractivity contribution in [3.8, 4) is 0 Å². The number of aliphatic hydroxyl groups excluding tert-OH is 1. The Balaban J connectivity index is 1.56. The van der Waals surface area contributed by atoms with Crippen LogP contribution in [0, 0.1) is 0 Å². The molecule has 1 aliphatic rings. The van der Waals surface area contributed by atoms with Gasteiger partial charge in [-0.3, -0.25) is 4.79 Å². The summed E-state index contributed by atoms with van der Waals surface area (Å²) in [5.41, 5.74) is 0.592. The molecule has 0 saturated carbocycles. The van der Waals surface area contributed by atoms with Gasteiger partial charge in [-0.1, -0.05) is 75.8 Å². The molecule has 1 heterocycles. The van der Waals surface area contributed by atoms with Crippen LogP contribution in [-0.4, -0.2) is 47.2 Å². The second-order valence-electron chi connectivity index (χ2n) is 8.41. The first kappa shape index (κ1) is 25.1. The Hall–Kier alpha value is -2.14. The fourth-order valence-corrected chi connectivity index (χ4v) is 3.94. The molecule has 0 radical (unpaired) electrons. The van der Waals surface area contributed by atoms with E-state index in [9.17, 15) is 14.7 Å². The average Bonchev–Trinajstić information content (AvgIpc) is 3.14. The molecule has 0 aromatic heterocycles. The maximum atomic E-state index is 12.2. The molecule has 0 bridgehead atoms. The van der Waals surface area contributed by atoms with Crippen LogP contribution in [0.15, 0.2) is 42.5 Å². The van der Waals surface area contributed by atoms with Gasteiger partial charge < -0.3 is 14.7 Å². The number of hydrogen-bond donors (Lipinski definition) is 1. The summed E-state index contributed by atoms with van der Waals surface area (Å²) < 4.78 is 5.30. The van der Waals surface area contributed by atoms with E-state index in [0.717, 1.165) is 70.8 Å². The maximum absolute atomic E-state index is 12.2. The van der Waals surface area contributed by atoms with Crippen molar-refractivity contribution in [1.82, 2.24) is 4.90 Å². The predicted molar refractivity (Wildman–Crippen MR) is 124 cm³/mol. The lowest BCUT2D eigenvalue weighted by Gasteiger charge is -2.22.